The van der Waals surface area contributed by atoms with Crippen molar-refractivity contribution >= 4 is 34.4 Å². The van der Waals surface area contributed by atoms with Gasteiger partial charge in [0.1, 0.15) is 0 Å². The number of nitrogens with zero attached hydrogens (tertiary/aromatic N) is 2. The number of rotatable bonds is 7. The lowest BCUT2D eigenvalue weighted by Crippen LogP contribution is -2.36. The number of aryl methyl sites for hydroxylation is 1. The lowest BCUT2D eigenvalue weighted by molar-refractivity contribution is -0.120. The van der Waals surface area contributed by atoms with E-state index in [1.807, 2.05) is 25.1 Å². The van der Waals surface area contributed by atoms with E-state index in [0.717, 1.165) is 46.6 Å². The maximum absolute atomic E-state index is 14.1. The smallest absolute Gasteiger partial charge is 0.234 e. The highest BCUT2D eigenvalue weighted by molar-refractivity contribution is 7.14. The number of benzene rings is 2. The monoisotopic (exact) mass is 474 g/mol. The first-order valence-electron chi connectivity index (χ1n) is 12.1. The highest BCUT2D eigenvalue weighted by Crippen LogP contribution is 2.39. The third kappa shape index (κ3) is 5.10. The molecule has 0 N–H and O–H groups in total. The number of ketones is 1. The Kier molecular flexibility index (Phi) is 7.22. The van der Waals surface area contributed by atoms with Gasteiger partial charge in [0.15, 0.2) is 5.78 Å². The van der Waals surface area contributed by atoms with Crippen molar-refractivity contribution in [3.8, 4) is 0 Å². The summed E-state index contributed by atoms with van der Waals surface area (Å²) in [5.41, 5.74) is 5.46. The van der Waals surface area contributed by atoms with Crippen LogP contribution >= 0.6 is 11.3 Å². The average Bonchev–Trinajstić information content (AvgIpc) is 3.27. The van der Waals surface area contributed by atoms with Crippen LogP contribution in [0.4, 0.5) is 11.4 Å². The van der Waals surface area contributed by atoms with Crippen LogP contribution < -0.4 is 9.80 Å². The molecule has 1 amide bonds. The van der Waals surface area contributed by atoms with Crippen LogP contribution in [-0.4, -0.2) is 25.8 Å². The Morgan fingerprint density at radius 3 is 2.24 bits per heavy atom. The van der Waals surface area contributed by atoms with Gasteiger partial charge in [-0.25, -0.2) is 0 Å². The van der Waals surface area contributed by atoms with Crippen LogP contribution in [0, 0.1) is 0 Å². The van der Waals surface area contributed by atoms with Crippen LogP contribution in [0.2, 0.25) is 0 Å². The summed E-state index contributed by atoms with van der Waals surface area (Å²) < 4.78 is 0. The average molecular weight is 475 g/mol. The van der Waals surface area contributed by atoms with Crippen LogP contribution in [0.1, 0.15) is 76.7 Å². The Hall–Kier alpha value is -2.92. The number of carbonyl (C=O) groups is 2. The SMILES string of the molecule is CC(=O)c1cc2c(s1)CCCC2C(=O)N(Cc1ccc(N(C)C)cc1)c1ccc(C(C)C)cc1. The van der Waals surface area contributed by atoms with Crippen molar-refractivity contribution in [2.45, 2.75) is 58.4 Å². The lowest BCUT2D eigenvalue weighted by Gasteiger charge is -2.30. The van der Waals surface area contributed by atoms with Gasteiger partial charge in [0.25, 0.3) is 0 Å². The highest BCUT2D eigenvalue weighted by Gasteiger charge is 2.33. The molecule has 0 aliphatic heterocycles. The molecule has 178 valence electrons. The molecule has 4 nitrogen and oxygen atoms in total. The molecular formula is C29H34N2O2S. The van der Waals surface area contributed by atoms with Crippen LogP contribution in [-0.2, 0) is 17.8 Å². The molecule has 1 aliphatic carbocycles. The second kappa shape index (κ2) is 10.1. The fourth-order valence-electron chi connectivity index (χ4n) is 4.59. The van der Waals surface area contributed by atoms with E-state index in [0.29, 0.717) is 12.5 Å². The molecule has 1 aromatic heterocycles. The molecule has 5 heteroatoms. The molecule has 0 saturated carbocycles. The molecule has 34 heavy (non-hydrogen) atoms. The second-order valence-corrected chi connectivity index (χ2v) is 10.9. The Bertz CT molecular complexity index is 1160. The van der Waals surface area contributed by atoms with Crippen LogP contribution in [0.3, 0.4) is 0 Å². The summed E-state index contributed by atoms with van der Waals surface area (Å²) in [6.07, 6.45) is 2.74. The van der Waals surface area contributed by atoms with Crippen molar-refractivity contribution in [2.75, 3.05) is 23.9 Å². The fourth-order valence-corrected chi connectivity index (χ4v) is 5.75. The second-order valence-electron chi connectivity index (χ2n) is 9.72. The first-order chi connectivity index (χ1) is 16.2. The van der Waals surface area contributed by atoms with Gasteiger partial charge in [0.05, 0.1) is 17.3 Å². The first kappa shape index (κ1) is 24.2. The summed E-state index contributed by atoms with van der Waals surface area (Å²) >= 11 is 1.56. The van der Waals surface area contributed by atoms with Gasteiger partial charge < -0.3 is 9.80 Å². The molecule has 3 aromatic rings. The zero-order chi connectivity index (χ0) is 24.4. The zero-order valence-electron chi connectivity index (χ0n) is 20.8. The van der Waals surface area contributed by atoms with Gasteiger partial charge in [-0.1, -0.05) is 38.1 Å². The quantitative estimate of drug-likeness (QED) is 0.354. The van der Waals surface area contributed by atoms with Gasteiger partial charge in [-0.2, -0.15) is 0 Å². The van der Waals surface area contributed by atoms with Gasteiger partial charge in [0.2, 0.25) is 5.91 Å². The van der Waals surface area contributed by atoms with Crippen molar-refractivity contribution in [3.63, 3.8) is 0 Å². The minimum absolute atomic E-state index is 0.0766. The van der Waals surface area contributed by atoms with Crippen LogP contribution in [0.15, 0.2) is 54.6 Å². The zero-order valence-corrected chi connectivity index (χ0v) is 21.6. The number of thiophene rings is 1. The Balaban J connectivity index is 1.69. The van der Waals surface area contributed by atoms with Crippen molar-refractivity contribution in [2.24, 2.45) is 0 Å². The standard InChI is InChI=1S/C29H34N2O2S/c1-19(2)22-11-15-24(16-12-22)31(18-21-9-13-23(14-10-21)30(4)5)29(33)25-7-6-8-27-26(25)17-28(34-27)20(3)32/h9-17,19,25H,6-8,18H2,1-5H3. The lowest BCUT2D eigenvalue weighted by atomic mass is 9.86. The Labute approximate surface area is 207 Å². The van der Waals surface area contributed by atoms with Crippen molar-refractivity contribution in [3.05, 3.63) is 81.0 Å². The van der Waals surface area contributed by atoms with Crippen molar-refractivity contribution in [1.82, 2.24) is 0 Å². The van der Waals surface area contributed by atoms with Gasteiger partial charge in [-0.15, -0.1) is 11.3 Å². The van der Waals surface area contributed by atoms with Gasteiger partial charge in [-0.05, 0) is 79.1 Å². The van der Waals surface area contributed by atoms with E-state index < -0.39 is 0 Å². The number of anilines is 2. The van der Waals surface area contributed by atoms with E-state index >= 15 is 0 Å². The Morgan fingerprint density at radius 2 is 1.65 bits per heavy atom. The van der Waals surface area contributed by atoms with E-state index in [4.69, 9.17) is 0 Å². The summed E-state index contributed by atoms with van der Waals surface area (Å²) in [5, 5.41) is 0. The van der Waals surface area contributed by atoms with Gasteiger partial charge in [0, 0.05) is 30.3 Å². The molecule has 0 spiro atoms. The Morgan fingerprint density at radius 1 is 1.00 bits per heavy atom. The minimum atomic E-state index is -0.209. The van der Waals surface area contributed by atoms with Crippen LogP contribution in [0.25, 0.3) is 0 Å². The molecular weight excluding hydrogens is 440 g/mol. The topological polar surface area (TPSA) is 40.6 Å². The molecule has 1 unspecified atom stereocenters. The van der Waals surface area contributed by atoms with E-state index in [1.165, 1.54) is 10.4 Å². The summed E-state index contributed by atoms with van der Waals surface area (Å²) in [7, 11) is 4.05. The minimum Gasteiger partial charge on any atom is -0.378 e. The number of hydrogen-bond acceptors (Lipinski definition) is 4. The van der Waals surface area contributed by atoms with Crippen molar-refractivity contribution in [1.29, 1.82) is 0 Å². The van der Waals surface area contributed by atoms with Crippen molar-refractivity contribution < 1.29 is 9.59 Å². The largest absolute Gasteiger partial charge is 0.378 e. The molecule has 0 saturated heterocycles. The molecule has 0 bridgehead atoms. The number of fused-ring (bicyclic) bond motifs is 1. The van der Waals surface area contributed by atoms with Crippen LogP contribution in [0.5, 0.6) is 0 Å². The molecule has 0 radical (unpaired) electrons. The highest BCUT2D eigenvalue weighted by atomic mass is 32.1. The number of carbonyl (C=O) groups excluding carboxylic acids is 2. The maximum Gasteiger partial charge on any atom is 0.234 e. The molecule has 0 fully saturated rings. The maximum atomic E-state index is 14.1. The molecule has 1 heterocycles. The normalized spacial score (nSPS) is 15.2. The summed E-state index contributed by atoms with van der Waals surface area (Å²) in [5.74, 6) is 0.419. The summed E-state index contributed by atoms with van der Waals surface area (Å²) in [6.45, 7) is 6.48. The summed E-state index contributed by atoms with van der Waals surface area (Å²) in [4.78, 5) is 32.0. The van der Waals surface area contributed by atoms with Gasteiger partial charge >= 0.3 is 0 Å². The van der Waals surface area contributed by atoms with E-state index in [1.54, 1.807) is 18.3 Å². The predicted molar refractivity (Wildman–Crippen MR) is 142 cm³/mol. The molecule has 2 aromatic carbocycles. The molecule has 1 atom stereocenters. The third-order valence-electron chi connectivity index (χ3n) is 6.69. The number of amides is 1. The predicted octanol–water partition coefficient (Wildman–Crippen LogP) is 6.79. The summed E-state index contributed by atoms with van der Waals surface area (Å²) in [6, 6.07) is 18.7. The molecule has 4 rings (SSSR count). The number of Topliss-reactive ketones (excluding diaryl/α,β-unsaturated/α-hetero) is 1. The van der Waals surface area contributed by atoms with Gasteiger partial charge in [-0.3, -0.25) is 9.59 Å². The molecule has 1 aliphatic rings. The third-order valence-corrected chi connectivity index (χ3v) is 8.00. The first-order valence-corrected chi connectivity index (χ1v) is 12.9. The number of hydrogen-bond donors (Lipinski definition) is 0. The van der Waals surface area contributed by atoms with E-state index in [2.05, 4.69) is 67.3 Å². The van der Waals surface area contributed by atoms with E-state index in [9.17, 15) is 9.59 Å². The van der Waals surface area contributed by atoms with E-state index in [-0.39, 0.29) is 17.6 Å². The fraction of sp³-hybridized carbons (Fsp3) is 0.379.